The second kappa shape index (κ2) is 4.93. The lowest BCUT2D eigenvalue weighted by Crippen LogP contribution is -2.04. The van der Waals surface area contributed by atoms with E-state index in [1.165, 1.54) is 24.8 Å². The number of aryl methyl sites for hydroxylation is 3. The van der Waals surface area contributed by atoms with Crippen LogP contribution in [0.15, 0.2) is 6.07 Å². The first kappa shape index (κ1) is 12.6. The van der Waals surface area contributed by atoms with Gasteiger partial charge in [0.1, 0.15) is 11.0 Å². The molecule has 0 radical (unpaired) electrons. The van der Waals surface area contributed by atoms with Crippen LogP contribution in [-0.4, -0.2) is 19.7 Å². The van der Waals surface area contributed by atoms with Crippen molar-refractivity contribution in [2.45, 2.75) is 46.0 Å². The maximum absolute atomic E-state index is 6.49. The predicted octanol–water partition coefficient (Wildman–Crippen LogP) is 3.20. The molecular formula is C14H17ClN4. The lowest BCUT2D eigenvalue weighted by molar-refractivity contribution is 0.691. The molecule has 0 fully saturated rings. The molecule has 3 rings (SSSR count). The molecular weight excluding hydrogens is 260 g/mol. The number of halogens is 1. The van der Waals surface area contributed by atoms with E-state index in [4.69, 9.17) is 11.6 Å². The Morgan fingerprint density at radius 1 is 1.11 bits per heavy atom. The van der Waals surface area contributed by atoms with Crippen LogP contribution < -0.4 is 0 Å². The third kappa shape index (κ3) is 2.37. The molecule has 0 aliphatic heterocycles. The van der Waals surface area contributed by atoms with Gasteiger partial charge in [-0.3, -0.25) is 0 Å². The van der Waals surface area contributed by atoms with Crippen molar-refractivity contribution in [3.05, 3.63) is 34.0 Å². The third-order valence-corrected chi connectivity index (χ3v) is 3.90. The smallest absolute Gasteiger partial charge is 0.159 e. The highest BCUT2D eigenvalue weighted by Crippen LogP contribution is 2.28. The van der Waals surface area contributed by atoms with Gasteiger partial charge in [0.15, 0.2) is 5.82 Å². The highest BCUT2D eigenvalue weighted by atomic mass is 35.5. The second-order valence-electron chi connectivity index (χ2n) is 5.10. The van der Waals surface area contributed by atoms with Crippen LogP contribution in [0, 0.1) is 13.8 Å². The van der Waals surface area contributed by atoms with Gasteiger partial charge in [-0.25, -0.2) is 14.6 Å². The molecule has 2 heterocycles. The molecule has 19 heavy (non-hydrogen) atoms. The largest absolute Gasteiger partial charge is 0.238 e. The van der Waals surface area contributed by atoms with Gasteiger partial charge in [-0.15, -0.1) is 0 Å². The molecule has 2 aromatic heterocycles. The summed E-state index contributed by atoms with van der Waals surface area (Å²) in [5, 5.41) is 5.37. The maximum atomic E-state index is 6.49. The zero-order chi connectivity index (χ0) is 13.4. The summed E-state index contributed by atoms with van der Waals surface area (Å²) in [6.45, 7) is 3.85. The fourth-order valence-corrected chi connectivity index (χ4v) is 2.98. The highest BCUT2D eigenvalue weighted by Gasteiger charge is 2.19. The van der Waals surface area contributed by atoms with Crippen LogP contribution >= 0.6 is 11.6 Å². The van der Waals surface area contributed by atoms with E-state index in [1.54, 1.807) is 4.68 Å². The van der Waals surface area contributed by atoms with Gasteiger partial charge in [0, 0.05) is 17.3 Å². The standard InChI is InChI=1S/C14H17ClN4/c1-9-8-13(17-10(2)16-9)19-14(15)11-6-4-3-5-7-12(11)18-19/h8H,3-7H2,1-2H3. The van der Waals surface area contributed by atoms with Crippen LogP contribution in [0.3, 0.4) is 0 Å². The summed E-state index contributed by atoms with van der Waals surface area (Å²) in [5.41, 5.74) is 3.27. The third-order valence-electron chi connectivity index (χ3n) is 3.51. The van der Waals surface area contributed by atoms with Gasteiger partial charge < -0.3 is 0 Å². The number of nitrogens with zero attached hydrogens (tertiary/aromatic N) is 4. The molecule has 0 saturated heterocycles. The molecule has 100 valence electrons. The Balaban J connectivity index is 2.10. The molecule has 0 aromatic carbocycles. The van der Waals surface area contributed by atoms with Crippen LogP contribution in [0.4, 0.5) is 0 Å². The minimum Gasteiger partial charge on any atom is -0.238 e. The van der Waals surface area contributed by atoms with E-state index < -0.39 is 0 Å². The van der Waals surface area contributed by atoms with Gasteiger partial charge in [-0.05, 0) is 39.5 Å². The lowest BCUT2D eigenvalue weighted by Gasteiger charge is -2.05. The van der Waals surface area contributed by atoms with E-state index in [2.05, 4.69) is 15.1 Å². The van der Waals surface area contributed by atoms with Crippen LogP contribution in [0.1, 0.15) is 42.0 Å². The molecule has 0 unspecified atom stereocenters. The van der Waals surface area contributed by atoms with E-state index in [9.17, 15) is 0 Å². The molecule has 2 aromatic rings. The highest BCUT2D eigenvalue weighted by molar-refractivity contribution is 6.30. The molecule has 0 bridgehead atoms. The van der Waals surface area contributed by atoms with Crippen LogP contribution in [0.5, 0.6) is 0 Å². The Hall–Kier alpha value is -1.42. The Morgan fingerprint density at radius 3 is 2.68 bits per heavy atom. The monoisotopic (exact) mass is 276 g/mol. The average molecular weight is 277 g/mol. The number of aromatic nitrogens is 4. The summed E-state index contributed by atoms with van der Waals surface area (Å²) in [4.78, 5) is 8.73. The first-order valence-electron chi connectivity index (χ1n) is 6.74. The van der Waals surface area contributed by atoms with Crippen molar-refractivity contribution in [2.75, 3.05) is 0 Å². The topological polar surface area (TPSA) is 43.6 Å². The number of fused-ring (bicyclic) bond motifs is 1. The Morgan fingerprint density at radius 2 is 1.89 bits per heavy atom. The predicted molar refractivity (Wildman–Crippen MR) is 74.9 cm³/mol. The van der Waals surface area contributed by atoms with E-state index in [1.807, 2.05) is 19.9 Å². The van der Waals surface area contributed by atoms with Gasteiger partial charge in [0.05, 0.1) is 5.69 Å². The lowest BCUT2D eigenvalue weighted by atomic mass is 10.1. The number of hydrogen-bond acceptors (Lipinski definition) is 3. The van der Waals surface area contributed by atoms with Gasteiger partial charge in [0.2, 0.25) is 0 Å². The van der Waals surface area contributed by atoms with Gasteiger partial charge in [-0.2, -0.15) is 5.10 Å². The molecule has 0 atom stereocenters. The molecule has 5 heteroatoms. The fourth-order valence-electron chi connectivity index (χ4n) is 2.65. The van der Waals surface area contributed by atoms with Gasteiger partial charge in [-0.1, -0.05) is 18.0 Å². The summed E-state index contributed by atoms with van der Waals surface area (Å²) in [6, 6.07) is 1.92. The van der Waals surface area contributed by atoms with Crippen molar-refractivity contribution >= 4 is 11.6 Å². The summed E-state index contributed by atoms with van der Waals surface area (Å²) in [5.74, 6) is 1.51. The second-order valence-corrected chi connectivity index (χ2v) is 5.46. The van der Waals surface area contributed by atoms with Crippen LogP contribution in [0.25, 0.3) is 5.82 Å². The van der Waals surface area contributed by atoms with E-state index in [0.717, 1.165) is 41.0 Å². The van der Waals surface area contributed by atoms with Crippen molar-refractivity contribution in [1.29, 1.82) is 0 Å². The summed E-state index contributed by atoms with van der Waals surface area (Å²) >= 11 is 6.49. The normalized spacial score (nSPS) is 15.1. The molecule has 0 spiro atoms. The fraction of sp³-hybridized carbons (Fsp3) is 0.500. The zero-order valence-corrected chi connectivity index (χ0v) is 12.0. The van der Waals surface area contributed by atoms with Crippen LogP contribution in [0.2, 0.25) is 5.15 Å². The SMILES string of the molecule is Cc1cc(-n2nc3c(c2Cl)CCCCC3)nc(C)n1. The summed E-state index contributed by atoms with van der Waals surface area (Å²) < 4.78 is 1.76. The molecule has 0 amide bonds. The number of rotatable bonds is 1. The van der Waals surface area contributed by atoms with Crippen molar-refractivity contribution in [3.8, 4) is 5.82 Å². The van der Waals surface area contributed by atoms with Crippen molar-refractivity contribution < 1.29 is 0 Å². The van der Waals surface area contributed by atoms with Crippen molar-refractivity contribution in [2.24, 2.45) is 0 Å². The summed E-state index contributed by atoms with van der Waals surface area (Å²) in [6.07, 6.45) is 5.70. The Bertz CT molecular complexity index is 598. The van der Waals surface area contributed by atoms with Gasteiger partial charge >= 0.3 is 0 Å². The quantitative estimate of drug-likeness (QED) is 0.751. The van der Waals surface area contributed by atoms with E-state index in [-0.39, 0.29) is 0 Å². The maximum Gasteiger partial charge on any atom is 0.159 e. The minimum atomic E-state index is 0.717. The van der Waals surface area contributed by atoms with E-state index in [0.29, 0.717) is 0 Å². The van der Waals surface area contributed by atoms with Gasteiger partial charge in [0.25, 0.3) is 0 Å². The van der Waals surface area contributed by atoms with E-state index >= 15 is 0 Å². The number of hydrogen-bond donors (Lipinski definition) is 0. The molecule has 1 aliphatic rings. The average Bonchev–Trinajstić information content (AvgIpc) is 2.55. The first-order valence-corrected chi connectivity index (χ1v) is 7.12. The molecule has 0 saturated carbocycles. The van der Waals surface area contributed by atoms with Crippen molar-refractivity contribution in [1.82, 2.24) is 19.7 Å². The Kier molecular flexibility index (Phi) is 3.27. The first-order chi connectivity index (χ1) is 9.15. The minimum absolute atomic E-state index is 0.717. The zero-order valence-electron chi connectivity index (χ0n) is 11.3. The Labute approximate surface area is 117 Å². The molecule has 1 aliphatic carbocycles. The molecule has 4 nitrogen and oxygen atoms in total. The van der Waals surface area contributed by atoms with Crippen LogP contribution in [-0.2, 0) is 12.8 Å². The summed E-state index contributed by atoms with van der Waals surface area (Å²) in [7, 11) is 0. The molecule has 0 N–H and O–H groups in total. The van der Waals surface area contributed by atoms with Crippen molar-refractivity contribution in [3.63, 3.8) is 0 Å².